The third-order valence-corrected chi connectivity index (χ3v) is 2.25. The molecule has 0 aliphatic heterocycles. The lowest BCUT2D eigenvalue weighted by Crippen LogP contribution is -2.24. The first-order valence-corrected chi connectivity index (χ1v) is 4.19. The number of fused-ring (bicyclic) bond motifs is 1. The third kappa shape index (κ3) is 1.05. The van der Waals surface area contributed by atoms with Gasteiger partial charge in [-0.3, -0.25) is 0 Å². The van der Waals surface area contributed by atoms with Crippen LogP contribution in [0.1, 0.15) is 0 Å². The molecular formula is C8H8BrN2+. The average Bonchev–Trinajstić information content (AvgIpc) is 2.33. The predicted octanol–water partition coefficient (Wildman–Crippen LogP) is 1.75. The molecule has 0 bridgehead atoms. The van der Waals surface area contributed by atoms with Gasteiger partial charge in [0.2, 0.25) is 6.33 Å². The first-order valence-electron chi connectivity index (χ1n) is 3.39. The van der Waals surface area contributed by atoms with E-state index in [1.807, 2.05) is 19.4 Å². The Morgan fingerprint density at radius 2 is 2.27 bits per heavy atom. The van der Waals surface area contributed by atoms with Gasteiger partial charge in [0.15, 0.2) is 11.0 Å². The average molecular weight is 212 g/mol. The quantitative estimate of drug-likeness (QED) is 0.642. The van der Waals surface area contributed by atoms with Gasteiger partial charge in [-0.1, -0.05) is 15.9 Å². The second kappa shape index (κ2) is 2.34. The monoisotopic (exact) mass is 211 g/mol. The van der Waals surface area contributed by atoms with Gasteiger partial charge in [-0.25, -0.2) is 9.55 Å². The molecule has 0 saturated heterocycles. The number of halogens is 1. The van der Waals surface area contributed by atoms with E-state index in [1.54, 1.807) is 0 Å². The molecule has 2 rings (SSSR count). The lowest BCUT2D eigenvalue weighted by atomic mass is 10.3. The highest BCUT2D eigenvalue weighted by molar-refractivity contribution is 9.10. The highest BCUT2D eigenvalue weighted by Crippen LogP contribution is 2.14. The van der Waals surface area contributed by atoms with Crippen LogP contribution in [0.25, 0.3) is 11.0 Å². The van der Waals surface area contributed by atoms with E-state index in [4.69, 9.17) is 0 Å². The summed E-state index contributed by atoms with van der Waals surface area (Å²) in [5, 5.41) is 0. The molecule has 0 radical (unpaired) electrons. The van der Waals surface area contributed by atoms with Crippen LogP contribution < -0.4 is 4.57 Å². The molecular weight excluding hydrogens is 204 g/mol. The van der Waals surface area contributed by atoms with E-state index in [9.17, 15) is 0 Å². The van der Waals surface area contributed by atoms with E-state index in [2.05, 4.69) is 37.6 Å². The Kier molecular flexibility index (Phi) is 1.46. The van der Waals surface area contributed by atoms with Gasteiger partial charge in [0, 0.05) is 10.5 Å². The van der Waals surface area contributed by atoms with Crippen LogP contribution in [0, 0.1) is 0 Å². The Hall–Kier alpha value is -0.830. The molecule has 2 nitrogen and oxygen atoms in total. The molecule has 0 spiro atoms. The van der Waals surface area contributed by atoms with Crippen molar-refractivity contribution in [3.05, 3.63) is 29.0 Å². The molecule has 1 aromatic heterocycles. The topological polar surface area (TPSA) is 19.7 Å². The normalized spacial score (nSPS) is 10.7. The fourth-order valence-electron chi connectivity index (χ4n) is 1.15. The van der Waals surface area contributed by atoms with E-state index in [1.165, 1.54) is 5.52 Å². The fraction of sp³-hybridized carbons (Fsp3) is 0.125. The second-order valence-corrected chi connectivity index (χ2v) is 3.46. The maximum absolute atomic E-state index is 3.42. The number of aromatic amines is 1. The minimum atomic E-state index is 1.11. The zero-order chi connectivity index (χ0) is 7.84. The van der Waals surface area contributed by atoms with Crippen LogP contribution >= 0.6 is 15.9 Å². The summed E-state index contributed by atoms with van der Waals surface area (Å²) in [6, 6.07) is 6.17. The molecule has 0 saturated carbocycles. The van der Waals surface area contributed by atoms with Crippen LogP contribution in [0.5, 0.6) is 0 Å². The number of aryl methyl sites for hydroxylation is 1. The summed E-state index contributed by atoms with van der Waals surface area (Å²) >= 11 is 3.42. The van der Waals surface area contributed by atoms with Gasteiger partial charge < -0.3 is 0 Å². The van der Waals surface area contributed by atoms with Crippen molar-refractivity contribution in [1.29, 1.82) is 0 Å². The van der Waals surface area contributed by atoms with Gasteiger partial charge in [-0.15, -0.1) is 0 Å². The number of hydrogen-bond donors (Lipinski definition) is 1. The van der Waals surface area contributed by atoms with Gasteiger partial charge in [-0.2, -0.15) is 0 Å². The van der Waals surface area contributed by atoms with Crippen LogP contribution in [0.2, 0.25) is 0 Å². The van der Waals surface area contributed by atoms with E-state index in [0.717, 1.165) is 9.99 Å². The van der Waals surface area contributed by atoms with E-state index in [0.29, 0.717) is 0 Å². The number of benzene rings is 1. The highest BCUT2D eigenvalue weighted by Gasteiger charge is 2.04. The van der Waals surface area contributed by atoms with Crippen LogP contribution in [0.15, 0.2) is 29.0 Å². The Labute approximate surface area is 73.0 Å². The molecule has 11 heavy (non-hydrogen) atoms. The molecule has 0 aliphatic rings. The zero-order valence-corrected chi connectivity index (χ0v) is 7.72. The fourth-order valence-corrected chi connectivity index (χ4v) is 1.50. The number of imidazole rings is 1. The Balaban J connectivity index is 2.87. The van der Waals surface area contributed by atoms with Crippen molar-refractivity contribution >= 4 is 27.0 Å². The molecule has 1 heterocycles. The number of hydrogen-bond acceptors (Lipinski definition) is 0. The van der Waals surface area contributed by atoms with Crippen molar-refractivity contribution in [2.45, 2.75) is 0 Å². The van der Waals surface area contributed by atoms with Crippen molar-refractivity contribution in [1.82, 2.24) is 4.98 Å². The van der Waals surface area contributed by atoms with Crippen LogP contribution in [0.4, 0.5) is 0 Å². The number of aromatic nitrogens is 2. The Morgan fingerprint density at radius 3 is 3.09 bits per heavy atom. The zero-order valence-electron chi connectivity index (χ0n) is 6.13. The molecule has 2 aromatic rings. The second-order valence-electron chi connectivity index (χ2n) is 2.55. The molecule has 0 atom stereocenters. The molecule has 1 N–H and O–H groups in total. The summed E-state index contributed by atoms with van der Waals surface area (Å²) in [5.41, 5.74) is 2.37. The molecule has 0 amide bonds. The van der Waals surface area contributed by atoms with Crippen LogP contribution in [-0.4, -0.2) is 4.98 Å². The van der Waals surface area contributed by atoms with E-state index < -0.39 is 0 Å². The number of rotatable bonds is 0. The predicted molar refractivity (Wildman–Crippen MR) is 47.2 cm³/mol. The molecule has 56 valence electrons. The lowest BCUT2D eigenvalue weighted by Gasteiger charge is -1.87. The summed E-state index contributed by atoms with van der Waals surface area (Å²) in [6.45, 7) is 0. The van der Waals surface area contributed by atoms with Gasteiger partial charge in [0.1, 0.15) is 0 Å². The summed E-state index contributed by atoms with van der Waals surface area (Å²) in [7, 11) is 2.02. The Bertz CT molecular complexity index is 392. The summed E-state index contributed by atoms with van der Waals surface area (Å²) in [4.78, 5) is 3.16. The van der Waals surface area contributed by atoms with Crippen molar-refractivity contribution in [2.75, 3.05) is 0 Å². The number of H-pyrrole nitrogens is 1. The molecule has 0 unspecified atom stereocenters. The lowest BCUT2D eigenvalue weighted by molar-refractivity contribution is -0.644. The van der Waals surface area contributed by atoms with Crippen molar-refractivity contribution in [3.63, 3.8) is 0 Å². The van der Waals surface area contributed by atoms with Crippen LogP contribution in [0.3, 0.4) is 0 Å². The molecule has 0 fully saturated rings. The van der Waals surface area contributed by atoms with Crippen molar-refractivity contribution in [2.24, 2.45) is 7.05 Å². The minimum Gasteiger partial charge on any atom is -0.243 e. The van der Waals surface area contributed by atoms with Crippen molar-refractivity contribution in [3.8, 4) is 0 Å². The maximum atomic E-state index is 3.42. The first-order chi connectivity index (χ1) is 5.27. The number of nitrogens with zero attached hydrogens (tertiary/aromatic N) is 1. The summed E-state index contributed by atoms with van der Waals surface area (Å²) < 4.78 is 3.17. The van der Waals surface area contributed by atoms with E-state index in [-0.39, 0.29) is 0 Å². The third-order valence-electron chi connectivity index (χ3n) is 1.75. The largest absolute Gasteiger partial charge is 0.243 e. The summed E-state index contributed by atoms with van der Waals surface area (Å²) in [6.07, 6.45) is 1.94. The first kappa shape index (κ1) is 6.85. The molecule has 0 aliphatic carbocycles. The van der Waals surface area contributed by atoms with Gasteiger partial charge in [0.05, 0.1) is 7.05 Å². The Morgan fingerprint density at radius 1 is 1.45 bits per heavy atom. The number of nitrogens with one attached hydrogen (secondary N) is 1. The van der Waals surface area contributed by atoms with Crippen molar-refractivity contribution < 1.29 is 4.57 Å². The highest BCUT2D eigenvalue weighted by atomic mass is 79.9. The minimum absolute atomic E-state index is 1.11. The van der Waals surface area contributed by atoms with E-state index >= 15 is 0 Å². The molecule has 1 aromatic carbocycles. The van der Waals surface area contributed by atoms with Crippen LogP contribution in [-0.2, 0) is 7.05 Å². The van der Waals surface area contributed by atoms with Gasteiger partial charge in [0.25, 0.3) is 0 Å². The standard InChI is InChI=1S/C8H7BrN2/c1-11-5-10-7-3-2-6(9)4-8(7)11/h2-5H,1H3/p+1. The maximum Gasteiger partial charge on any atom is 0.242 e. The molecule has 3 heteroatoms. The summed E-state index contributed by atoms with van der Waals surface area (Å²) in [5.74, 6) is 0. The smallest absolute Gasteiger partial charge is 0.242 e. The van der Waals surface area contributed by atoms with Gasteiger partial charge >= 0.3 is 0 Å². The SMILES string of the molecule is C[n+]1c[nH]c2ccc(Br)cc21. The van der Waals surface area contributed by atoms with Gasteiger partial charge in [-0.05, 0) is 12.1 Å².